The Labute approximate surface area is 66.3 Å². The molecule has 0 atom stereocenters. The Kier molecular flexibility index (Phi) is 2.29. The van der Waals surface area contributed by atoms with Crippen molar-refractivity contribution in [3.63, 3.8) is 0 Å². The average Bonchev–Trinajstić information content (AvgIpc) is 2.30. The fraction of sp³-hybridized carbons (Fsp3) is 0.625. The van der Waals surface area contributed by atoms with Gasteiger partial charge in [0.1, 0.15) is 0 Å². The smallest absolute Gasteiger partial charge is 0.332 e. The number of nitrogens with zero attached hydrogens (tertiary/aromatic N) is 1. The van der Waals surface area contributed by atoms with Crippen LogP contribution in [0.4, 0.5) is 0 Å². The SMILES string of the molecule is CCC1=C(C(=O)O)CN(C)C1. The van der Waals surface area contributed by atoms with E-state index in [1.54, 1.807) is 0 Å². The third kappa shape index (κ3) is 1.60. The molecule has 0 radical (unpaired) electrons. The Bertz CT molecular complexity index is 208. The van der Waals surface area contributed by atoms with Gasteiger partial charge in [-0.3, -0.25) is 4.90 Å². The summed E-state index contributed by atoms with van der Waals surface area (Å²) in [6.45, 7) is 3.41. The number of likely N-dealkylation sites (N-methyl/N-ethyl adjacent to an activating group) is 1. The van der Waals surface area contributed by atoms with Gasteiger partial charge in [0.2, 0.25) is 0 Å². The van der Waals surface area contributed by atoms with Crippen molar-refractivity contribution < 1.29 is 9.90 Å². The Morgan fingerprint density at radius 1 is 1.64 bits per heavy atom. The highest BCUT2D eigenvalue weighted by Crippen LogP contribution is 2.18. The van der Waals surface area contributed by atoms with Crippen molar-refractivity contribution in [3.05, 3.63) is 11.1 Å². The molecule has 0 aromatic rings. The summed E-state index contributed by atoms with van der Waals surface area (Å²) >= 11 is 0. The van der Waals surface area contributed by atoms with E-state index in [0.29, 0.717) is 12.1 Å². The second kappa shape index (κ2) is 3.05. The van der Waals surface area contributed by atoms with Crippen LogP contribution in [0.1, 0.15) is 13.3 Å². The summed E-state index contributed by atoms with van der Waals surface area (Å²) in [7, 11) is 1.94. The number of hydrogen-bond acceptors (Lipinski definition) is 2. The molecule has 1 N–H and O–H groups in total. The van der Waals surface area contributed by atoms with Crippen molar-refractivity contribution in [2.24, 2.45) is 0 Å². The molecule has 11 heavy (non-hydrogen) atoms. The quantitative estimate of drug-likeness (QED) is 0.639. The Hall–Kier alpha value is -0.830. The molecule has 0 fully saturated rings. The molecule has 0 amide bonds. The van der Waals surface area contributed by atoms with Crippen LogP contribution < -0.4 is 0 Å². The van der Waals surface area contributed by atoms with E-state index in [0.717, 1.165) is 18.5 Å². The van der Waals surface area contributed by atoms with Crippen LogP contribution in [0.3, 0.4) is 0 Å². The predicted molar refractivity (Wildman–Crippen MR) is 42.4 cm³/mol. The summed E-state index contributed by atoms with van der Waals surface area (Å²) < 4.78 is 0. The Balaban J connectivity index is 2.79. The van der Waals surface area contributed by atoms with Crippen molar-refractivity contribution in [1.29, 1.82) is 0 Å². The second-order valence-corrected chi connectivity index (χ2v) is 2.91. The minimum absolute atomic E-state index is 0.593. The zero-order valence-corrected chi connectivity index (χ0v) is 6.92. The van der Waals surface area contributed by atoms with Crippen molar-refractivity contribution in [2.45, 2.75) is 13.3 Å². The lowest BCUT2D eigenvalue weighted by Crippen LogP contribution is -2.16. The molecule has 1 aliphatic rings. The van der Waals surface area contributed by atoms with E-state index in [4.69, 9.17) is 5.11 Å². The summed E-state index contributed by atoms with van der Waals surface area (Å²) in [6.07, 6.45) is 0.853. The summed E-state index contributed by atoms with van der Waals surface area (Å²) in [5.74, 6) is -0.758. The predicted octanol–water partition coefficient (Wildman–Crippen LogP) is 0.723. The highest BCUT2D eigenvalue weighted by atomic mass is 16.4. The van der Waals surface area contributed by atoms with Gasteiger partial charge >= 0.3 is 5.97 Å². The van der Waals surface area contributed by atoms with E-state index in [1.807, 2.05) is 18.9 Å². The lowest BCUT2D eigenvalue weighted by atomic mass is 10.1. The third-order valence-corrected chi connectivity index (χ3v) is 2.00. The molecule has 0 aromatic heterocycles. The third-order valence-electron chi connectivity index (χ3n) is 2.00. The summed E-state index contributed by atoms with van der Waals surface area (Å²) in [4.78, 5) is 12.6. The highest BCUT2D eigenvalue weighted by molar-refractivity contribution is 5.88. The van der Waals surface area contributed by atoms with Crippen LogP contribution in [-0.4, -0.2) is 36.1 Å². The number of carboxylic acid groups (broad SMARTS) is 1. The normalized spacial score (nSPS) is 19.5. The maximum absolute atomic E-state index is 10.6. The first-order chi connectivity index (χ1) is 5.15. The van der Waals surface area contributed by atoms with Crippen molar-refractivity contribution in [3.8, 4) is 0 Å². The molecule has 0 aliphatic carbocycles. The summed E-state index contributed by atoms with van der Waals surface area (Å²) in [5, 5.41) is 8.75. The Morgan fingerprint density at radius 3 is 2.64 bits per heavy atom. The van der Waals surface area contributed by atoms with E-state index < -0.39 is 5.97 Å². The molecule has 0 bridgehead atoms. The van der Waals surface area contributed by atoms with Crippen LogP contribution in [0, 0.1) is 0 Å². The molecular formula is C8H13NO2. The maximum atomic E-state index is 10.6. The van der Waals surface area contributed by atoms with Crippen LogP contribution in [-0.2, 0) is 4.79 Å². The molecule has 0 saturated heterocycles. The van der Waals surface area contributed by atoms with Gasteiger partial charge in [-0.25, -0.2) is 4.79 Å². The molecule has 0 aromatic carbocycles. The molecular weight excluding hydrogens is 142 g/mol. The van der Waals surface area contributed by atoms with Gasteiger partial charge in [-0.05, 0) is 19.0 Å². The van der Waals surface area contributed by atoms with E-state index in [9.17, 15) is 4.79 Å². The number of rotatable bonds is 2. The van der Waals surface area contributed by atoms with Crippen LogP contribution in [0.5, 0.6) is 0 Å². The zero-order chi connectivity index (χ0) is 8.43. The Morgan fingerprint density at radius 2 is 2.27 bits per heavy atom. The fourth-order valence-electron chi connectivity index (χ4n) is 1.40. The highest BCUT2D eigenvalue weighted by Gasteiger charge is 2.22. The molecule has 1 aliphatic heterocycles. The maximum Gasteiger partial charge on any atom is 0.332 e. The first kappa shape index (κ1) is 8.27. The number of hydrogen-bond donors (Lipinski definition) is 1. The van der Waals surface area contributed by atoms with Gasteiger partial charge in [-0.15, -0.1) is 0 Å². The fourth-order valence-corrected chi connectivity index (χ4v) is 1.40. The van der Waals surface area contributed by atoms with Gasteiger partial charge in [0, 0.05) is 13.1 Å². The minimum atomic E-state index is -0.758. The van der Waals surface area contributed by atoms with Gasteiger partial charge in [-0.1, -0.05) is 6.92 Å². The van der Waals surface area contributed by atoms with Gasteiger partial charge in [0.15, 0.2) is 0 Å². The molecule has 0 spiro atoms. The topological polar surface area (TPSA) is 40.5 Å². The van der Waals surface area contributed by atoms with Crippen LogP contribution >= 0.6 is 0 Å². The number of carbonyl (C=O) groups is 1. The molecule has 3 nitrogen and oxygen atoms in total. The summed E-state index contributed by atoms with van der Waals surface area (Å²) in [6, 6.07) is 0. The van der Waals surface area contributed by atoms with Gasteiger partial charge in [0.25, 0.3) is 0 Å². The van der Waals surface area contributed by atoms with Crippen molar-refractivity contribution in [2.75, 3.05) is 20.1 Å². The van der Waals surface area contributed by atoms with Gasteiger partial charge < -0.3 is 5.11 Å². The van der Waals surface area contributed by atoms with Crippen LogP contribution in [0.25, 0.3) is 0 Å². The molecule has 1 rings (SSSR count). The van der Waals surface area contributed by atoms with Crippen molar-refractivity contribution in [1.82, 2.24) is 4.90 Å². The monoisotopic (exact) mass is 155 g/mol. The first-order valence-electron chi connectivity index (χ1n) is 3.78. The lowest BCUT2D eigenvalue weighted by molar-refractivity contribution is -0.132. The zero-order valence-electron chi connectivity index (χ0n) is 6.92. The standard InChI is InChI=1S/C8H13NO2/c1-3-6-4-9(2)5-7(6)8(10)11/h3-5H2,1-2H3,(H,10,11). The summed E-state index contributed by atoms with van der Waals surface area (Å²) in [5.41, 5.74) is 1.66. The second-order valence-electron chi connectivity index (χ2n) is 2.91. The minimum Gasteiger partial charge on any atom is -0.478 e. The number of carboxylic acids is 1. The van der Waals surface area contributed by atoms with Gasteiger partial charge in [0.05, 0.1) is 5.57 Å². The molecule has 3 heteroatoms. The molecule has 0 saturated carbocycles. The average molecular weight is 155 g/mol. The van der Waals surface area contributed by atoms with Gasteiger partial charge in [-0.2, -0.15) is 0 Å². The first-order valence-corrected chi connectivity index (χ1v) is 3.78. The molecule has 0 unspecified atom stereocenters. The lowest BCUT2D eigenvalue weighted by Gasteiger charge is -2.05. The van der Waals surface area contributed by atoms with E-state index in [-0.39, 0.29) is 0 Å². The molecule has 62 valence electrons. The van der Waals surface area contributed by atoms with E-state index >= 15 is 0 Å². The van der Waals surface area contributed by atoms with Crippen molar-refractivity contribution >= 4 is 5.97 Å². The van der Waals surface area contributed by atoms with Crippen LogP contribution in [0.2, 0.25) is 0 Å². The molecule has 1 heterocycles. The van der Waals surface area contributed by atoms with E-state index in [2.05, 4.69) is 0 Å². The number of aliphatic carboxylic acids is 1. The largest absolute Gasteiger partial charge is 0.478 e. The van der Waals surface area contributed by atoms with Crippen LogP contribution in [0.15, 0.2) is 11.1 Å². The van der Waals surface area contributed by atoms with E-state index in [1.165, 1.54) is 0 Å².